The first-order chi connectivity index (χ1) is 14.2. The molecular formula is C22H24F3N3OS. The van der Waals surface area contributed by atoms with Crippen molar-refractivity contribution in [1.29, 1.82) is 0 Å². The minimum Gasteiger partial charge on any atom is -0.309 e. The summed E-state index contributed by atoms with van der Waals surface area (Å²) in [4.78, 5) is 21.3. The third-order valence-corrected chi connectivity index (χ3v) is 5.79. The molecule has 0 bridgehead atoms. The Hall–Kier alpha value is -2.45. The number of thiazole rings is 1. The van der Waals surface area contributed by atoms with Gasteiger partial charge in [0, 0.05) is 12.1 Å². The van der Waals surface area contributed by atoms with Gasteiger partial charge in [-0.05, 0) is 69.4 Å². The number of aromatic nitrogens is 1. The van der Waals surface area contributed by atoms with Gasteiger partial charge in [0.2, 0.25) is 0 Å². The molecule has 0 radical (unpaired) electrons. The second kappa shape index (κ2) is 9.14. The lowest BCUT2D eigenvalue weighted by Crippen LogP contribution is -2.33. The summed E-state index contributed by atoms with van der Waals surface area (Å²) in [7, 11) is 3.87. The van der Waals surface area contributed by atoms with E-state index in [0.29, 0.717) is 18.1 Å². The van der Waals surface area contributed by atoms with Crippen molar-refractivity contribution in [3.05, 3.63) is 59.2 Å². The summed E-state index contributed by atoms with van der Waals surface area (Å²) in [5.41, 5.74) is 1.12. The molecule has 0 aliphatic heterocycles. The molecule has 0 aliphatic carbocycles. The van der Waals surface area contributed by atoms with Gasteiger partial charge in [-0.1, -0.05) is 30.4 Å². The molecule has 0 spiro atoms. The summed E-state index contributed by atoms with van der Waals surface area (Å²) in [5.74, 6) is -0.477. The molecule has 4 nitrogen and oxygen atoms in total. The Morgan fingerprint density at radius 1 is 1.10 bits per heavy atom. The van der Waals surface area contributed by atoms with Crippen LogP contribution in [-0.2, 0) is 12.6 Å². The topological polar surface area (TPSA) is 36.4 Å². The van der Waals surface area contributed by atoms with Crippen LogP contribution in [0.5, 0.6) is 0 Å². The highest BCUT2D eigenvalue weighted by molar-refractivity contribution is 7.22. The monoisotopic (exact) mass is 435 g/mol. The lowest BCUT2D eigenvalue weighted by Gasteiger charge is -2.21. The molecule has 1 amide bonds. The molecule has 0 fully saturated rings. The minimum atomic E-state index is -4.50. The number of carbonyl (C=O) groups excluding carboxylic acids is 1. The number of fused-ring (bicyclic) bond motifs is 1. The number of carbonyl (C=O) groups is 1. The highest BCUT2D eigenvalue weighted by Gasteiger charge is 2.31. The molecule has 160 valence electrons. The lowest BCUT2D eigenvalue weighted by atomic mass is 10.1. The van der Waals surface area contributed by atoms with E-state index in [1.165, 1.54) is 33.9 Å². The number of amides is 1. The molecule has 3 rings (SSSR count). The van der Waals surface area contributed by atoms with Gasteiger partial charge in [-0.3, -0.25) is 9.69 Å². The summed E-state index contributed by atoms with van der Waals surface area (Å²) >= 11 is 1.38. The Morgan fingerprint density at radius 2 is 1.87 bits per heavy atom. The second-order valence-corrected chi connectivity index (χ2v) is 8.35. The molecule has 0 saturated carbocycles. The fourth-order valence-electron chi connectivity index (χ4n) is 3.11. The highest BCUT2D eigenvalue weighted by Crippen LogP contribution is 2.33. The summed E-state index contributed by atoms with van der Waals surface area (Å²) in [5, 5.41) is 0.499. The largest absolute Gasteiger partial charge is 0.416 e. The molecule has 1 aromatic heterocycles. The number of aryl methyl sites for hydroxylation is 1. The lowest BCUT2D eigenvalue weighted by molar-refractivity contribution is -0.137. The average molecular weight is 436 g/mol. The van der Waals surface area contributed by atoms with E-state index >= 15 is 0 Å². The van der Waals surface area contributed by atoms with Gasteiger partial charge in [-0.25, -0.2) is 4.98 Å². The molecule has 8 heteroatoms. The maximum absolute atomic E-state index is 13.2. The normalized spacial score (nSPS) is 12.0. The van der Waals surface area contributed by atoms with Crippen LogP contribution in [0.1, 0.15) is 34.8 Å². The van der Waals surface area contributed by atoms with E-state index < -0.39 is 17.6 Å². The van der Waals surface area contributed by atoms with Gasteiger partial charge in [-0.15, -0.1) is 0 Å². The molecule has 30 heavy (non-hydrogen) atoms. The van der Waals surface area contributed by atoms with Crippen LogP contribution in [0.2, 0.25) is 0 Å². The molecule has 1 heterocycles. The van der Waals surface area contributed by atoms with Crippen LogP contribution in [-0.4, -0.2) is 43.0 Å². The Kier molecular flexibility index (Phi) is 6.77. The molecular weight excluding hydrogens is 411 g/mol. The standard InChI is InChI=1S/C22H24F3N3OS/c1-4-15-9-10-18-19(13-15)30-21(26-18)28(12-6-11-27(2)3)20(29)16-7-5-8-17(14-16)22(23,24)25/h5,7-10,13-14H,4,6,11-12H2,1-3H3. The average Bonchev–Trinajstić information content (AvgIpc) is 3.12. The molecule has 2 aromatic carbocycles. The van der Waals surface area contributed by atoms with E-state index in [0.717, 1.165) is 35.3 Å². The highest BCUT2D eigenvalue weighted by atomic mass is 32.1. The van der Waals surface area contributed by atoms with Gasteiger partial charge in [-0.2, -0.15) is 13.2 Å². The van der Waals surface area contributed by atoms with Crippen LogP contribution in [0.25, 0.3) is 10.2 Å². The van der Waals surface area contributed by atoms with Gasteiger partial charge in [0.25, 0.3) is 5.91 Å². The molecule has 0 aliphatic rings. The Morgan fingerprint density at radius 3 is 2.53 bits per heavy atom. The molecule has 0 unspecified atom stereocenters. The fourth-order valence-corrected chi connectivity index (χ4v) is 4.16. The SMILES string of the molecule is CCc1ccc2nc(N(CCCN(C)C)C(=O)c3cccc(C(F)(F)F)c3)sc2c1. The summed E-state index contributed by atoms with van der Waals surface area (Å²) in [6.45, 7) is 3.18. The van der Waals surface area contributed by atoms with E-state index in [-0.39, 0.29) is 5.56 Å². The third-order valence-electron chi connectivity index (χ3n) is 4.75. The summed E-state index contributed by atoms with van der Waals surface area (Å²) in [6.07, 6.45) is -2.94. The van der Waals surface area contributed by atoms with Gasteiger partial charge in [0.05, 0.1) is 15.8 Å². The van der Waals surface area contributed by atoms with Crippen LogP contribution in [0.15, 0.2) is 42.5 Å². The fraction of sp³-hybridized carbons (Fsp3) is 0.364. The van der Waals surface area contributed by atoms with Crippen molar-refractivity contribution in [3.63, 3.8) is 0 Å². The van der Waals surface area contributed by atoms with E-state index in [9.17, 15) is 18.0 Å². The number of halogens is 3. The van der Waals surface area contributed by atoms with E-state index in [4.69, 9.17) is 0 Å². The maximum Gasteiger partial charge on any atom is 0.416 e. The van der Waals surface area contributed by atoms with Crippen LogP contribution < -0.4 is 4.90 Å². The van der Waals surface area contributed by atoms with Crippen molar-refractivity contribution in [1.82, 2.24) is 9.88 Å². The van der Waals surface area contributed by atoms with Crippen molar-refractivity contribution in [3.8, 4) is 0 Å². The number of nitrogens with zero attached hydrogens (tertiary/aromatic N) is 3. The van der Waals surface area contributed by atoms with Crippen LogP contribution in [0, 0.1) is 0 Å². The molecule has 0 saturated heterocycles. The zero-order chi connectivity index (χ0) is 21.9. The quantitative estimate of drug-likeness (QED) is 0.493. The van der Waals surface area contributed by atoms with Crippen molar-refractivity contribution in [2.75, 3.05) is 32.1 Å². The van der Waals surface area contributed by atoms with Crippen molar-refractivity contribution < 1.29 is 18.0 Å². The first-order valence-electron chi connectivity index (χ1n) is 9.72. The van der Waals surface area contributed by atoms with Crippen molar-refractivity contribution in [2.24, 2.45) is 0 Å². The molecule has 3 aromatic rings. The van der Waals surface area contributed by atoms with Crippen molar-refractivity contribution in [2.45, 2.75) is 25.9 Å². The van der Waals surface area contributed by atoms with Gasteiger partial charge >= 0.3 is 6.18 Å². The Bertz CT molecular complexity index is 1030. The zero-order valence-corrected chi connectivity index (χ0v) is 18.0. The van der Waals surface area contributed by atoms with Gasteiger partial charge < -0.3 is 4.90 Å². The number of alkyl halides is 3. The smallest absolute Gasteiger partial charge is 0.309 e. The molecule has 0 N–H and O–H groups in total. The van der Waals surface area contributed by atoms with Crippen molar-refractivity contribution >= 4 is 32.6 Å². The van der Waals surface area contributed by atoms with Crippen LogP contribution in [0.3, 0.4) is 0 Å². The number of benzene rings is 2. The van der Waals surface area contributed by atoms with E-state index in [1.807, 2.05) is 37.2 Å². The second-order valence-electron chi connectivity index (χ2n) is 7.34. The van der Waals surface area contributed by atoms with Crippen LogP contribution in [0.4, 0.5) is 18.3 Å². The zero-order valence-electron chi connectivity index (χ0n) is 17.2. The summed E-state index contributed by atoms with van der Waals surface area (Å²) in [6, 6.07) is 10.5. The first-order valence-corrected chi connectivity index (χ1v) is 10.5. The third kappa shape index (κ3) is 5.17. The number of hydrogen-bond donors (Lipinski definition) is 0. The van der Waals surface area contributed by atoms with Gasteiger partial charge in [0.1, 0.15) is 0 Å². The van der Waals surface area contributed by atoms with Gasteiger partial charge in [0.15, 0.2) is 5.13 Å². The number of anilines is 1. The first kappa shape index (κ1) is 22.2. The van der Waals surface area contributed by atoms with E-state index in [1.54, 1.807) is 0 Å². The van der Waals surface area contributed by atoms with Crippen LogP contribution >= 0.6 is 11.3 Å². The maximum atomic E-state index is 13.2. The van der Waals surface area contributed by atoms with E-state index in [2.05, 4.69) is 11.9 Å². The Balaban J connectivity index is 1.97. The Labute approximate surface area is 177 Å². The number of hydrogen-bond acceptors (Lipinski definition) is 4. The number of rotatable bonds is 7. The predicted molar refractivity (Wildman–Crippen MR) is 115 cm³/mol. The minimum absolute atomic E-state index is 0.00295. The molecule has 0 atom stereocenters. The predicted octanol–water partition coefficient (Wildman–Crippen LogP) is 5.48. The summed E-state index contributed by atoms with van der Waals surface area (Å²) < 4.78 is 40.3.